The van der Waals surface area contributed by atoms with E-state index >= 15 is 0 Å². The molecular weight excluding hydrogens is 460 g/mol. The highest BCUT2D eigenvalue weighted by Gasteiger charge is 2.40. The molecule has 6 nitrogen and oxygen atoms in total. The van der Waals surface area contributed by atoms with Crippen LogP contribution < -0.4 is 10.2 Å². The van der Waals surface area contributed by atoms with Crippen molar-refractivity contribution in [3.63, 3.8) is 0 Å². The number of rotatable bonds is 9. The topological polar surface area (TPSA) is 75.7 Å². The van der Waals surface area contributed by atoms with Gasteiger partial charge in [0.15, 0.2) is 0 Å². The van der Waals surface area contributed by atoms with Crippen LogP contribution in [0.1, 0.15) is 35.7 Å². The summed E-state index contributed by atoms with van der Waals surface area (Å²) in [6, 6.07) is 23.4. The van der Waals surface area contributed by atoms with Crippen LogP contribution in [0, 0.1) is 6.92 Å². The van der Waals surface area contributed by atoms with Gasteiger partial charge in [-0.25, -0.2) is 9.69 Å². The molecule has 1 N–H and O–H groups in total. The lowest BCUT2D eigenvalue weighted by atomic mass is 10.2. The number of unbranched alkanes of at least 4 members (excludes halogenated alkanes) is 1. The lowest BCUT2D eigenvalue weighted by molar-refractivity contribution is -0.120. The Morgan fingerprint density at radius 2 is 1.60 bits per heavy atom. The molecule has 1 heterocycles. The molecule has 3 aromatic rings. The van der Waals surface area contributed by atoms with E-state index in [0.717, 1.165) is 28.2 Å². The van der Waals surface area contributed by atoms with Gasteiger partial charge in [-0.3, -0.25) is 9.59 Å². The third-order valence-corrected chi connectivity index (χ3v) is 6.51. The van der Waals surface area contributed by atoms with Gasteiger partial charge >= 0.3 is 5.97 Å². The smallest absolute Gasteiger partial charge is 0.338 e. The molecule has 0 radical (unpaired) electrons. The zero-order valence-electron chi connectivity index (χ0n) is 19.6. The van der Waals surface area contributed by atoms with E-state index in [0.29, 0.717) is 28.5 Å². The van der Waals surface area contributed by atoms with Gasteiger partial charge in [0.2, 0.25) is 0 Å². The molecule has 1 aliphatic heterocycles. The van der Waals surface area contributed by atoms with Crippen LogP contribution in [0.3, 0.4) is 0 Å². The number of nitrogens with one attached hydrogen (secondary N) is 1. The van der Waals surface area contributed by atoms with E-state index in [9.17, 15) is 14.4 Å². The fourth-order valence-electron chi connectivity index (χ4n) is 3.48. The van der Waals surface area contributed by atoms with Crippen LogP contribution in [0.25, 0.3) is 0 Å². The quantitative estimate of drug-likeness (QED) is 0.229. The summed E-state index contributed by atoms with van der Waals surface area (Å²) in [6.07, 6.45) is 1.73. The zero-order chi connectivity index (χ0) is 24.8. The van der Waals surface area contributed by atoms with Crippen LogP contribution in [0.2, 0.25) is 0 Å². The molecule has 0 spiro atoms. The Morgan fingerprint density at radius 1 is 0.914 bits per heavy atom. The summed E-state index contributed by atoms with van der Waals surface area (Å²) >= 11 is 1.24. The van der Waals surface area contributed by atoms with Crippen molar-refractivity contribution in [1.82, 2.24) is 0 Å². The van der Waals surface area contributed by atoms with Gasteiger partial charge in [-0.15, -0.1) is 0 Å². The van der Waals surface area contributed by atoms with E-state index in [4.69, 9.17) is 4.74 Å². The molecule has 0 unspecified atom stereocenters. The van der Waals surface area contributed by atoms with Crippen molar-refractivity contribution in [2.24, 2.45) is 0 Å². The summed E-state index contributed by atoms with van der Waals surface area (Å²) in [5, 5.41) is 3.15. The van der Waals surface area contributed by atoms with Crippen LogP contribution in [0.4, 0.5) is 11.4 Å². The fraction of sp³-hybridized carbons (Fsp3) is 0.179. The molecule has 0 saturated carbocycles. The Balaban J connectivity index is 1.61. The first kappa shape index (κ1) is 24.3. The molecule has 4 rings (SSSR count). The standard InChI is InChI=1S/C28H26N2O4S/c1-3-4-18-34-28(33)20-12-16-22(17-13-20)30-26(31)24(29-21-14-10-19(2)11-15-21)25(27(30)32)35-23-8-6-5-7-9-23/h5-17,29H,3-4,18H2,1-2H3. The average molecular weight is 487 g/mol. The minimum Gasteiger partial charge on any atom is -0.462 e. The molecule has 35 heavy (non-hydrogen) atoms. The Morgan fingerprint density at radius 3 is 2.26 bits per heavy atom. The number of benzene rings is 3. The minimum absolute atomic E-state index is 0.218. The highest BCUT2D eigenvalue weighted by atomic mass is 32.2. The van der Waals surface area contributed by atoms with Crippen molar-refractivity contribution in [1.29, 1.82) is 0 Å². The van der Waals surface area contributed by atoms with Crippen molar-refractivity contribution in [3.05, 3.63) is 101 Å². The molecule has 0 fully saturated rings. The fourth-order valence-corrected chi connectivity index (χ4v) is 4.42. The molecule has 3 aromatic carbocycles. The Kier molecular flexibility index (Phi) is 7.67. The average Bonchev–Trinajstić information content (AvgIpc) is 3.10. The second kappa shape index (κ2) is 11.1. The van der Waals surface area contributed by atoms with Crippen LogP contribution in [0.5, 0.6) is 0 Å². The van der Waals surface area contributed by atoms with Gasteiger partial charge in [0.05, 0.1) is 17.9 Å². The number of ether oxygens (including phenoxy) is 1. The first-order valence-electron chi connectivity index (χ1n) is 11.4. The first-order valence-corrected chi connectivity index (χ1v) is 12.3. The van der Waals surface area contributed by atoms with Gasteiger partial charge in [0.25, 0.3) is 11.8 Å². The molecule has 0 atom stereocenters. The molecule has 1 aliphatic rings. The van der Waals surface area contributed by atoms with Crippen molar-refractivity contribution >= 4 is 40.9 Å². The predicted octanol–water partition coefficient (Wildman–Crippen LogP) is 5.94. The summed E-state index contributed by atoms with van der Waals surface area (Å²) in [5.41, 5.74) is 2.78. The van der Waals surface area contributed by atoms with Gasteiger partial charge in [0.1, 0.15) is 10.6 Å². The highest BCUT2D eigenvalue weighted by Crippen LogP contribution is 2.37. The van der Waals surface area contributed by atoms with Crippen molar-refractivity contribution in [2.45, 2.75) is 31.6 Å². The number of anilines is 2. The van der Waals surface area contributed by atoms with E-state index in [2.05, 4.69) is 5.32 Å². The van der Waals surface area contributed by atoms with Gasteiger partial charge in [-0.05, 0) is 61.9 Å². The van der Waals surface area contributed by atoms with Crippen molar-refractivity contribution < 1.29 is 19.1 Å². The maximum atomic E-state index is 13.5. The molecule has 0 aromatic heterocycles. The van der Waals surface area contributed by atoms with Crippen LogP contribution in [0.15, 0.2) is 94.4 Å². The van der Waals surface area contributed by atoms with Gasteiger partial charge < -0.3 is 10.1 Å². The summed E-state index contributed by atoms with van der Waals surface area (Å²) in [4.78, 5) is 41.4. The highest BCUT2D eigenvalue weighted by molar-refractivity contribution is 8.04. The third kappa shape index (κ3) is 5.63. The minimum atomic E-state index is -0.452. The molecular formula is C28H26N2O4S. The van der Waals surface area contributed by atoms with Crippen LogP contribution in [-0.2, 0) is 14.3 Å². The van der Waals surface area contributed by atoms with Crippen molar-refractivity contribution in [2.75, 3.05) is 16.8 Å². The number of aryl methyl sites for hydroxylation is 1. The van der Waals surface area contributed by atoms with Crippen LogP contribution in [-0.4, -0.2) is 24.4 Å². The first-order chi connectivity index (χ1) is 17.0. The van der Waals surface area contributed by atoms with Crippen LogP contribution >= 0.6 is 11.8 Å². The number of amides is 2. The molecule has 178 valence electrons. The maximum absolute atomic E-state index is 13.5. The van der Waals surface area contributed by atoms with E-state index in [1.54, 1.807) is 24.3 Å². The summed E-state index contributed by atoms with van der Waals surface area (Å²) in [6.45, 7) is 4.36. The number of nitrogens with zero attached hydrogens (tertiary/aromatic N) is 1. The number of thioether (sulfide) groups is 1. The Bertz CT molecular complexity index is 1250. The van der Waals surface area contributed by atoms with Gasteiger partial charge in [-0.2, -0.15) is 0 Å². The zero-order valence-corrected chi connectivity index (χ0v) is 20.4. The number of carbonyl (C=O) groups is 3. The van der Waals surface area contributed by atoms with E-state index in [1.807, 2.05) is 68.4 Å². The van der Waals surface area contributed by atoms with E-state index in [1.165, 1.54) is 11.8 Å². The second-order valence-corrected chi connectivity index (χ2v) is 9.18. The van der Waals surface area contributed by atoms with Gasteiger partial charge in [-0.1, -0.05) is 61.0 Å². The number of imide groups is 1. The summed E-state index contributed by atoms with van der Waals surface area (Å²) in [7, 11) is 0. The molecule has 0 aliphatic carbocycles. The third-order valence-electron chi connectivity index (χ3n) is 5.42. The second-order valence-electron chi connectivity index (χ2n) is 8.09. The van der Waals surface area contributed by atoms with Crippen molar-refractivity contribution in [3.8, 4) is 0 Å². The number of hydrogen-bond acceptors (Lipinski definition) is 6. The number of esters is 1. The maximum Gasteiger partial charge on any atom is 0.338 e. The number of carbonyl (C=O) groups excluding carboxylic acids is 3. The molecule has 0 saturated heterocycles. The van der Waals surface area contributed by atoms with E-state index < -0.39 is 17.8 Å². The predicted molar refractivity (Wildman–Crippen MR) is 138 cm³/mol. The largest absolute Gasteiger partial charge is 0.462 e. The molecule has 2 amide bonds. The van der Waals surface area contributed by atoms with E-state index in [-0.39, 0.29) is 5.70 Å². The summed E-state index contributed by atoms with van der Waals surface area (Å²) in [5.74, 6) is -1.30. The van der Waals surface area contributed by atoms with Gasteiger partial charge in [0, 0.05) is 10.6 Å². The Hall–Kier alpha value is -3.84. The lowest BCUT2D eigenvalue weighted by Gasteiger charge is -2.16. The molecule has 7 heteroatoms. The number of hydrogen-bond donors (Lipinski definition) is 1. The SMILES string of the molecule is CCCCOC(=O)c1ccc(N2C(=O)C(Nc3ccc(C)cc3)=C(Sc3ccccc3)C2=O)cc1. The lowest BCUT2D eigenvalue weighted by Crippen LogP contribution is -2.32. The normalized spacial score (nSPS) is 13.4. The summed E-state index contributed by atoms with van der Waals surface area (Å²) < 4.78 is 5.24. The molecule has 0 bridgehead atoms. The monoisotopic (exact) mass is 486 g/mol. The Labute approximate surface area is 209 Å².